The van der Waals surface area contributed by atoms with Gasteiger partial charge in [-0.2, -0.15) is 5.26 Å². The molecule has 1 unspecified atom stereocenters. The summed E-state index contributed by atoms with van der Waals surface area (Å²) in [7, 11) is 0. The van der Waals surface area contributed by atoms with Crippen LogP contribution in [0.15, 0.2) is 35.7 Å². The number of hydrogen-bond acceptors (Lipinski definition) is 6. The van der Waals surface area contributed by atoms with E-state index in [1.165, 1.54) is 11.3 Å². The van der Waals surface area contributed by atoms with Gasteiger partial charge >= 0.3 is 5.97 Å². The monoisotopic (exact) mass is 411 g/mol. The molecule has 0 saturated carbocycles. The molecule has 1 aromatic heterocycles. The lowest BCUT2D eigenvalue weighted by molar-refractivity contribution is -0.121. The van der Waals surface area contributed by atoms with Gasteiger partial charge in [0.2, 0.25) is 5.91 Å². The third kappa shape index (κ3) is 5.22. The van der Waals surface area contributed by atoms with E-state index in [2.05, 4.69) is 16.3 Å². The molecule has 1 aliphatic heterocycles. The molecule has 1 saturated heterocycles. The molecule has 1 amide bonds. The van der Waals surface area contributed by atoms with Crippen molar-refractivity contribution in [1.29, 1.82) is 5.26 Å². The molecule has 1 N–H and O–H groups in total. The SMILES string of the molecule is CCOC(=O)c1c(-c2ccccc2)csc1NC(=O)C1CCCN(CCC#N)C1. The molecule has 0 aliphatic carbocycles. The topological polar surface area (TPSA) is 82.4 Å². The number of rotatable bonds is 7. The number of likely N-dealkylation sites (tertiary alicyclic amines) is 1. The number of amides is 1. The summed E-state index contributed by atoms with van der Waals surface area (Å²) < 4.78 is 5.26. The minimum absolute atomic E-state index is 0.0846. The molecule has 0 spiro atoms. The Labute approximate surface area is 175 Å². The largest absolute Gasteiger partial charge is 0.462 e. The summed E-state index contributed by atoms with van der Waals surface area (Å²) in [5.41, 5.74) is 2.09. The van der Waals surface area contributed by atoms with Gasteiger partial charge in [0.25, 0.3) is 0 Å². The van der Waals surface area contributed by atoms with Gasteiger partial charge in [0.05, 0.1) is 18.6 Å². The zero-order chi connectivity index (χ0) is 20.6. The average molecular weight is 412 g/mol. The maximum atomic E-state index is 12.9. The number of hydrogen-bond donors (Lipinski definition) is 1. The molecule has 152 valence electrons. The van der Waals surface area contributed by atoms with E-state index in [9.17, 15) is 9.59 Å². The Balaban J connectivity index is 1.79. The lowest BCUT2D eigenvalue weighted by Gasteiger charge is -2.31. The lowest BCUT2D eigenvalue weighted by atomic mass is 9.97. The highest BCUT2D eigenvalue weighted by Crippen LogP contribution is 2.36. The van der Waals surface area contributed by atoms with Crippen LogP contribution >= 0.6 is 11.3 Å². The number of piperidine rings is 1. The van der Waals surface area contributed by atoms with Crippen molar-refractivity contribution in [3.63, 3.8) is 0 Å². The van der Waals surface area contributed by atoms with Crippen LogP contribution in [-0.2, 0) is 9.53 Å². The number of thiophene rings is 1. The molecule has 1 aliphatic rings. The van der Waals surface area contributed by atoms with Gasteiger partial charge in [-0.05, 0) is 31.9 Å². The van der Waals surface area contributed by atoms with Crippen LogP contribution in [-0.4, -0.2) is 43.0 Å². The quantitative estimate of drug-likeness (QED) is 0.692. The Morgan fingerprint density at radius 1 is 1.34 bits per heavy atom. The summed E-state index contributed by atoms with van der Waals surface area (Å²) in [5, 5.41) is 14.2. The van der Waals surface area contributed by atoms with E-state index in [0.717, 1.165) is 30.5 Å². The molecular formula is C22H25N3O3S. The van der Waals surface area contributed by atoms with Crippen molar-refractivity contribution in [2.75, 3.05) is 31.6 Å². The van der Waals surface area contributed by atoms with Crippen molar-refractivity contribution in [2.45, 2.75) is 26.2 Å². The van der Waals surface area contributed by atoms with Gasteiger partial charge in [0.15, 0.2) is 0 Å². The highest BCUT2D eigenvalue weighted by Gasteiger charge is 2.28. The number of esters is 1. The number of anilines is 1. The lowest BCUT2D eigenvalue weighted by Crippen LogP contribution is -2.41. The van der Waals surface area contributed by atoms with E-state index in [1.54, 1.807) is 6.92 Å². The normalized spacial score (nSPS) is 16.8. The molecule has 6 nitrogen and oxygen atoms in total. The van der Waals surface area contributed by atoms with Crippen molar-refractivity contribution in [3.05, 3.63) is 41.3 Å². The van der Waals surface area contributed by atoms with Crippen molar-refractivity contribution >= 4 is 28.2 Å². The van der Waals surface area contributed by atoms with Gasteiger partial charge in [-0.25, -0.2) is 4.79 Å². The van der Waals surface area contributed by atoms with Gasteiger partial charge in [-0.15, -0.1) is 11.3 Å². The predicted octanol–water partition coefficient (Wildman–Crippen LogP) is 4.16. The number of ether oxygens (including phenoxy) is 1. The van der Waals surface area contributed by atoms with Crippen LogP contribution < -0.4 is 5.32 Å². The summed E-state index contributed by atoms with van der Waals surface area (Å²) in [4.78, 5) is 27.7. The van der Waals surface area contributed by atoms with Crippen LogP contribution in [0.2, 0.25) is 0 Å². The van der Waals surface area contributed by atoms with Crippen molar-refractivity contribution < 1.29 is 14.3 Å². The number of carbonyl (C=O) groups is 2. The fourth-order valence-electron chi connectivity index (χ4n) is 3.58. The van der Waals surface area contributed by atoms with Gasteiger partial charge in [-0.1, -0.05) is 30.3 Å². The minimum Gasteiger partial charge on any atom is -0.462 e. The van der Waals surface area contributed by atoms with Gasteiger partial charge in [0.1, 0.15) is 10.6 Å². The molecule has 2 aromatic rings. The van der Waals surface area contributed by atoms with Gasteiger partial charge in [-0.3, -0.25) is 4.79 Å². The summed E-state index contributed by atoms with van der Waals surface area (Å²) in [6, 6.07) is 11.8. The van der Waals surface area contributed by atoms with E-state index in [4.69, 9.17) is 10.00 Å². The van der Waals surface area contributed by atoms with Crippen LogP contribution in [0, 0.1) is 17.2 Å². The Kier molecular flexibility index (Phi) is 7.39. The average Bonchev–Trinajstić information content (AvgIpc) is 3.17. The first-order chi connectivity index (χ1) is 14.1. The Bertz CT molecular complexity index is 888. The van der Waals surface area contributed by atoms with Crippen molar-refractivity contribution in [3.8, 4) is 17.2 Å². The fourth-order valence-corrected chi connectivity index (χ4v) is 4.54. The smallest absolute Gasteiger partial charge is 0.341 e. The molecule has 7 heteroatoms. The summed E-state index contributed by atoms with van der Waals surface area (Å²) in [6.45, 7) is 4.27. The van der Waals surface area contributed by atoms with Crippen LogP contribution in [0.4, 0.5) is 5.00 Å². The predicted molar refractivity (Wildman–Crippen MR) is 114 cm³/mol. The third-order valence-corrected chi connectivity index (χ3v) is 5.90. The second-order valence-corrected chi connectivity index (χ2v) is 7.86. The molecule has 3 rings (SSSR count). The van der Waals surface area contributed by atoms with Crippen LogP contribution in [0.25, 0.3) is 11.1 Å². The zero-order valence-corrected chi connectivity index (χ0v) is 17.3. The second kappa shape index (κ2) is 10.2. The van der Waals surface area contributed by atoms with Crippen molar-refractivity contribution in [1.82, 2.24) is 4.90 Å². The molecule has 1 fully saturated rings. The number of nitriles is 1. The van der Waals surface area contributed by atoms with Gasteiger partial charge in [0, 0.05) is 30.5 Å². The molecular weight excluding hydrogens is 386 g/mol. The first-order valence-corrected chi connectivity index (χ1v) is 10.8. The molecule has 1 atom stereocenters. The minimum atomic E-state index is -0.429. The summed E-state index contributed by atoms with van der Waals surface area (Å²) >= 11 is 1.34. The molecule has 1 aromatic carbocycles. The summed E-state index contributed by atoms with van der Waals surface area (Å²) in [6.07, 6.45) is 2.20. The van der Waals surface area contributed by atoms with Crippen LogP contribution in [0.1, 0.15) is 36.5 Å². The molecule has 2 heterocycles. The second-order valence-electron chi connectivity index (χ2n) is 6.98. The van der Waals surface area contributed by atoms with E-state index < -0.39 is 5.97 Å². The Hall–Kier alpha value is -2.69. The van der Waals surface area contributed by atoms with E-state index in [-0.39, 0.29) is 18.4 Å². The number of nitrogens with one attached hydrogen (secondary N) is 1. The fraction of sp³-hybridized carbons (Fsp3) is 0.409. The summed E-state index contributed by atoms with van der Waals surface area (Å²) in [5.74, 6) is -0.666. The highest BCUT2D eigenvalue weighted by molar-refractivity contribution is 7.15. The molecule has 0 radical (unpaired) electrons. The zero-order valence-electron chi connectivity index (χ0n) is 16.5. The maximum absolute atomic E-state index is 12.9. The number of nitrogens with zero attached hydrogens (tertiary/aromatic N) is 2. The molecule has 29 heavy (non-hydrogen) atoms. The Morgan fingerprint density at radius 2 is 2.14 bits per heavy atom. The van der Waals surface area contributed by atoms with Crippen LogP contribution in [0.3, 0.4) is 0 Å². The third-order valence-electron chi connectivity index (χ3n) is 5.01. The van der Waals surface area contributed by atoms with Crippen molar-refractivity contribution in [2.24, 2.45) is 5.92 Å². The first kappa shape index (κ1) is 21.0. The first-order valence-electron chi connectivity index (χ1n) is 9.88. The van der Waals surface area contributed by atoms with Gasteiger partial charge < -0.3 is 15.0 Å². The standard InChI is InChI=1S/C22H25N3O3S/c1-2-28-22(27)19-18(16-8-4-3-5-9-16)15-29-21(19)24-20(26)17-10-6-12-25(14-17)13-7-11-23/h3-5,8-9,15,17H,2,6-7,10,12-14H2,1H3,(H,24,26). The number of carbonyl (C=O) groups excluding carboxylic acids is 2. The Morgan fingerprint density at radius 3 is 2.86 bits per heavy atom. The maximum Gasteiger partial charge on any atom is 0.341 e. The highest BCUT2D eigenvalue weighted by atomic mass is 32.1. The number of benzene rings is 1. The van der Waals surface area contributed by atoms with Crippen LogP contribution in [0.5, 0.6) is 0 Å². The van der Waals surface area contributed by atoms with E-state index in [0.29, 0.717) is 30.1 Å². The molecule has 0 bridgehead atoms. The van der Waals surface area contributed by atoms with E-state index >= 15 is 0 Å². The van der Waals surface area contributed by atoms with E-state index in [1.807, 2.05) is 35.7 Å².